The zero-order valence-corrected chi connectivity index (χ0v) is 12.5. The number of rotatable bonds is 5. The van der Waals surface area contributed by atoms with Gasteiger partial charge in [0.05, 0.1) is 11.8 Å². The van der Waals surface area contributed by atoms with E-state index in [4.69, 9.17) is 0 Å². The van der Waals surface area contributed by atoms with E-state index >= 15 is 0 Å². The Hall–Kier alpha value is -1.84. The zero-order valence-electron chi connectivity index (χ0n) is 12.5. The molecule has 0 unspecified atom stereocenters. The van der Waals surface area contributed by atoms with E-state index in [9.17, 15) is 14.7 Å². The Balaban J connectivity index is 1.91. The van der Waals surface area contributed by atoms with Crippen molar-refractivity contribution in [2.24, 2.45) is 11.8 Å². The third-order valence-electron chi connectivity index (χ3n) is 4.32. The molecule has 114 valence electrons. The Bertz CT molecular complexity index is 495. The third-order valence-corrected chi connectivity index (χ3v) is 4.32. The quantitative estimate of drug-likeness (QED) is 0.876. The van der Waals surface area contributed by atoms with E-state index in [0.29, 0.717) is 19.4 Å². The van der Waals surface area contributed by atoms with Crippen LogP contribution in [0.15, 0.2) is 24.3 Å². The Morgan fingerprint density at radius 2 is 1.67 bits per heavy atom. The topological polar surface area (TPSA) is 66.4 Å². The lowest BCUT2D eigenvalue weighted by Crippen LogP contribution is -2.39. The summed E-state index contributed by atoms with van der Waals surface area (Å²) in [6.45, 7) is 2.57. The van der Waals surface area contributed by atoms with Crippen LogP contribution < -0.4 is 5.32 Å². The maximum absolute atomic E-state index is 12.2. The number of aliphatic carboxylic acids is 1. The molecule has 0 aliphatic heterocycles. The largest absolute Gasteiger partial charge is 0.481 e. The van der Waals surface area contributed by atoms with Crippen molar-refractivity contribution in [2.75, 3.05) is 0 Å². The maximum atomic E-state index is 12.2. The van der Waals surface area contributed by atoms with Crippen LogP contribution in [0.25, 0.3) is 0 Å². The molecule has 4 heteroatoms. The van der Waals surface area contributed by atoms with Gasteiger partial charge < -0.3 is 10.4 Å². The fourth-order valence-corrected chi connectivity index (χ4v) is 2.95. The number of benzene rings is 1. The van der Waals surface area contributed by atoms with E-state index in [1.807, 2.05) is 12.1 Å². The number of hydrogen-bond acceptors (Lipinski definition) is 2. The van der Waals surface area contributed by atoms with Gasteiger partial charge in [-0.25, -0.2) is 0 Å². The van der Waals surface area contributed by atoms with Crippen LogP contribution in [0.2, 0.25) is 0 Å². The van der Waals surface area contributed by atoms with E-state index in [0.717, 1.165) is 24.8 Å². The second-order valence-corrected chi connectivity index (χ2v) is 5.72. The van der Waals surface area contributed by atoms with Crippen molar-refractivity contribution in [3.63, 3.8) is 0 Å². The highest BCUT2D eigenvalue weighted by atomic mass is 16.4. The number of carbonyl (C=O) groups is 2. The lowest BCUT2D eigenvalue weighted by atomic mass is 9.78. The number of amides is 1. The Morgan fingerprint density at radius 3 is 2.24 bits per heavy atom. The number of carboxylic acids is 1. The minimum Gasteiger partial charge on any atom is -0.481 e. The van der Waals surface area contributed by atoms with E-state index in [1.165, 1.54) is 5.56 Å². The highest BCUT2D eigenvalue weighted by molar-refractivity contribution is 5.84. The van der Waals surface area contributed by atoms with Crippen LogP contribution in [0, 0.1) is 11.8 Å². The molecule has 21 heavy (non-hydrogen) atoms. The smallest absolute Gasteiger partial charge is 0.307 e. The molecule has 1 aliphatic carbocycles. The number of hydrogen-bond donors (Lipinski definition) is 2. The monoisotopic (exact) mass is 289 g/mol. The van der Waals surface area contributed by atoms with Gasteiger partial charge >= 0.3 is 5.97 Å². The lowest BCUT2D eigenvalue weighted by molar-refractivity contribution is -0.148. The predicted octanol–water partition coefficient (Wildman–Crippen LogP) is 2.76. The lowest BCUT2D eigenvalue weighted by Gasteiger charge is -2.27. The van der Waals surface area contributed by atoms with E-state index in [-0.39, 0.29) is 11.8 Å². The van der Waals surface area contributed by atoms with Gasteiger partial charge in [-0.1, -0.05) is 44.0 Å². The van der Waals surface area contributed by atoms with Crippen molar-refractivity contribution in [3.8, 4) is 0 Å². The first kappa shape index (κ1) is 15.5. The second kappa shape index (κ2) is 7.25. The van der Waals surface area contributed by atoms with Crippen LogP contribution in [-0.4, -0.2) is 17.0 Å². The van der Waals surface area contributed by atoms with Gasteiger partial charge in [0.25, 0.3) is 0 Å². The summed E-state index contributed by atoms with van der Waals surface area (Å²) in [6, 6.07) is 8.13. The minimum atomic E-state index is -0.845. The molecule has 4 nitrogen and oxygen atoms in total. The van der Waals surface area contributed by atoms with Gasteiger partial charge in [0, 0.05) is 6.54 Å². The van der Waals surface area contributed by atoms with Gasteiger partial charge in [-0.15, -0.1) is 0 Å². The molecule has 1 saturated carbocycles. The molecular formula is C17H23NO3. The van der Waals surface area contributed by atoms with Gasteiger partial charge in [0.1, 0.15) is 0 Å². The molecule has 2 N–H and O–H groups in total. The zero-order chi connectivity index (χ0) is 15.2. The molecule has 2 rings (SSSR count). The first-order chi connectivity index (χ1) is 10.1. The summed E-state index contributed by atoms with van der Waals surface area (Å²) in [5, 5.41) is 12.1. The fraction of sp³-hybridized carbons (Fsp3) is 0.529. The Morgan fingerprint density at radius 1 is 1.10 bits per heavy atom. The molecule has 1 aliphatic rings. The summed E-state index contributed by atoms with van der Waals surface area (Å²) in [5.41, 5.74) is 2.31. The molecule has 0 spiro atoms. The van der Waals surface area contributed by atoms with Crippen LogP contribution in [0.1, 0.15) is 43.7 Å². The standard InChI is InChI=1S/C17H23NO3/c1-2-12-7-9-13(10-8-12)11-18-16(19)14-5-3-4-6-15(14)17(20)21/h7-10,14-15H,2-6,11H2,1H3,(H,18,19)(H,20,21)/t14-,15+/m1/s1. The molecule has 1 aromatic carbocycles. The van der Waals surface area contributed by atoms with Crippen molar-refractivity contribution in [1.29, 1.82) is 0 Å². The van der Waals surface area contributed by atoms with E-state index in [1.54, 1.807) is 0 Å². The summed E-state index contributed by atoms with van der Waals surface area (Å²) in [6.07, 6.45) is 4.12. The highest BCUT2D eigenvalue weighted by Crippen LogP contribution is 2.30. The van der Waals surface area contributed by atoms with Crippen molar-refractivity contribution in [1.82, 2.24) is 5.32 Å². The van der Waals surface area contributed by atoms with Gasteiger partial charge in [-0.3, -0.25) is 9.59 Å². The molecule has 0 aromatic heterocycles. The van der Waals surface area contributed by atoms with Crippen LogP contribution in [0.4, 0.5) is 0 Å². The molecule has 0 bridgehead atoms. The van der Waals surface area contributed by atoms with Crippen molar-refractivity contribution < 1.29 is 14.7 Å². The van der Waals surface area contributed by atoms with Crippen molar-refractivity contribution >= 4 is 11.9 Å². The van der Waals surface area contributed by atoms with Crippen LogP contribution in [-0.2, 0) is 22.6 Å². The van der Waals surface area contributed by atoms with Crippen LogP contribution in [0.5, 0.6) is 0 Å². The predicted molar refractivity (Wildman–Crippen MR) is 80.8 cm³/mol. The molecule has 2 atom stereocenters. The second-order valence-electron chi connectivity index (χ2n) is 5.72. The summed E-state index contributed by atoms with van der Waals surface area (Å²) in [7, 11) is 0. The number of nitrogens with one attached hydrogen (secondary N) is 1. The molecule has 0 saturated heterocycles. The SMILES string of the molecule is CCc1ccc(CNC(=O)[C@@H]2CCCC[C@@H]2C(=O)O)cc1. The normalized spacial score (nSPS) is 21.8. The van der Waals surface area contributed by atoms with E-state index < -0.39 is 11.9 Å². The molecule has 0 radical (unpaired) electrons. The minimum absolute atomic E-state index is 0.123. The average molecular weight is 289 g/mol. The first-order valence-electron chi connectivity index (χ1n) is 7.70. The fourth-order valence-electron chi connectivity index (χ4n) is 2.95. The molecular weight excluding hydrogens is 266 g/mol. The van der Waals surface area contributed by atoms with Crippen LogP contribution >= 0.6 is 0 Å². The number of carbonyl (C=O) groups excluding carboxylic acids is 1. The van der Waals surface area contributed by atoms with Crippen LogP contribution in [0.3, 0.4) is 0 Å². The van der Waals surface area contributed by atoms with Crippen molar-refractivity contribution in [2.45, 2.75) is 45.6 Å². The molecule has 1 fully saturated rings. The van der Waals surface area contributed by atoms with Gasteiger partial charge in [0.2, 0.25) is 5.91 Å². The summed E-state index contributed by atoms with van der Waals surface area (Å²) < 4.78 is 0. The van der Waals surface area contributed by atoms with Gasteiger partial charge in [-0.05, 0) is 30.4 Å². The third kappa shape index (κ3) is 4.06. The van der Waals surface area contributed by atoms with E-state index in [2.05, 4.69) is 24.4 Å². The molecule has 1 aromatic rings. The van der Waals surface area contributed by atoms with Crippen molar-refractivity contribution in [3.05, 3.63) is 35.4 Å². The maximum Gasteiger partial charge on any atom is 0.307 e. The van der Waals surface area contributed by atoms with Gasteiger partial charge in [-0.2, -0.15) is 0 Å². The first-order valence-corrected chi connectivity index (χ1v) is 7.70. The molecule has 0 heterocycles. The average Bonchev–Trinajstić information content (AvgIpc) is 2.53. The Kier molecular flexibility index (Phi) is 5.37. The highest BCUT2D eigenvalue weighted by Gasteiger charge is 2.35. The number of aryl methyl sites for hydroxylation is 1. The Labute approximate surface area is 125 Å². The molecule has 1 amide bonds. The summed E-state index contributed by atoms with van der Waals surface area (Å²) in [4.78, 5) is 23.5. The summed E-state index contributed by atoms with van der Waals surface area (Å²) >= 11 is 0. The summed E-state index contributed by atoms with van der Waals surface area (Å²) in [5.74, 6) is -1.88. The van der Waals surface area contributed by atoms with Gasteiger partial charge in [0.15, 0.2) is 0 Å². The number of carboxylic acid groups (broad SMARTS) is 1.